The predicted molar refractivity (Wildman–Crippen MR) is 88.8 cm³/mol. The molecule has 3 nitrogen and oxygen atoms in total. The lowest BCUT2D eigenvalue weighted by atomic mass is 10.3. The normalized spacial score (nSPS) is 10.3. The third-order valence-electron chi connectivity index (χ3n) is 2.83. The van der Waals surface area contributed by atoms with Gasteiger partial charge in [-0.2, -0.15) is 0 Å². The van der Waals surface area contributed by atoms with Crippen LogP contribution in [0.4, 0.5) is 0 Å². The standard InChI is InChI=1S/C16H17NO2S2/c1-2-9-17(11-15-4-3-10-20-15)16(19)12-21-14-7-5-13(18)6-8-14/h2-8,10,18H,1,9,11-12H2. The van der Waals surface area contributed by atoms with Crippen LogP contribution in [0, 0.1) is 0 Å². The first kappa shape index (κ1) is 15.7. The first-order valence-electron chi connectivity index (χ1n) is 6.52. The van der Waals surface area contributed by atoms with E-state index in [-0.39, 0.29) is 11.7 Å². The maximum atomic E-state index is 12.3. The van der Waals surface area contributed by atoms with Gasteiger partial charge in [0.25, 0.3) is 0 Å². The quantitative estimate of drug-likeness (QED) is 0.624. The zero-order chi connectivity index (χ0) is 15.1. The van der Waals surface area contributed by atoms with Gasteiger partial charge < -0.3 is 10.0 Å². The van der Waals surface area contributed by atoms with Gasteiger partial charge in [-0.05, 0) is 35.7 Å². The molecule has 1 aromatic heterocycles. The molecule has 0 fully saturated rings. The van der Waals surface area contributed by atoms with E-state index in [1.54, 1.807) is 34.4 Å². The van der Waals surface area contributed by atoms with Crippen molar-refractivity contribution in [3.8, 4) is 5.75 Å². The Morgan fingerprint density at radius 1 is 1.33 bits per heavy atom. The van der Waals surface area contributed by atoms with Crippen LogP contribution in [-0.2, 0) is 11.3 Å². The molecule has 0 spiro atoms. The highest BCUT2D eigenvalue weighted by atomic mass is 32.2. The van der Waals surface area contributed by atoms with Crippen molar-refractivity contribution in [1.82, 2.24) is 4.90 Å². The summed E-state index contributed by atoms with van der Waals surface area (Å²) >= 11 is 3.12. The number of thioether (sulfide) groups is 1. The second kappa shape index (κ2) is 7.90. The third kappa shape index (κ3) is 4.95. The molecule has 0 saturated carbocycles. The number of carbonyl (C=O) groups excluding carboxylic acids is 1. The molecule has 1 N–H and O–H groups in total. The minimum absolute atomic E-state index is 0.0846. The molecule has 0 saturated heterocycles. The number of aromatic hydroxyl groups is 1. The molecule has 2 aromatic rings. The molecule has 110 valence electrons. The number of nitrogens with zero attached hydrogens (tertiary/aromatic N) is 1. The first-order valence-corrected chi connectivity index (χ1v) is 8.38. The molecule has 0 aliphatic carbocycles. The maximum Gasteiger partial charge on any atom is 0.233 e. The third-order valence-corrected chi connectivity index (χ3v) is 4.69. The zero-order valence-corrected chi connectivity index (χ0v) is 13.2. The number of carbonyl (C=O) groups is 1. The van der Waals surface area contributed by atoms with E-state index in [0.717, 1.165) is 4.90 Å². The number of rotatable bonds is 7. The zero-order valence-electron chi connectivity index (χ0n) is 11.6. The Balaban J connectivity index is 1.91. The van der Waals surface area contributed by atoms with Gasteiger partial charge in [0, 0.05) is 16.3 Å². The van der Waals surface area contributed by atoms with Gasteiger partial charge in [0.15, 0.2) is 0 Å². The molecule has 0 atom stereocenters. The number of phenols is 1. The van der Waals surface area contributed by atoms with Gasteiger partial charge in [0.2, 0.25) is 5.91 Å². The van der Waals surface area contributed by atoms with E-state index >= 15 is 0 Å². The van der Waals surface area contributed by atoms with Crippen LogP contribution in [-0.4, -0.2) is 28.2 Å². The molecular weight excluding hydrogens is 302 g/mol. The minimum Gasteiger partial charge on any atom is -0.508 e. The number of hydrogen-bond donors (Lipinski definition) is 1. The molecule has 1 amide bonds. The van der Waals surface area contributed by atoms with Gasteiger partial charge in [-0.15, -0.1) is 29.7 Å². The predicted octanol–water partition coefficient (Wildman–Crippen LogP) is 3.76. The van der Waals surface area contributed by atoms with E-state index in [0.29, 0.717) is 18.8 Å². The number of amides is 1. The van der Waals surface area contributed by atoms with Crippen LogP contribution >= 0.6 is 23.1 Å². The Hall–Kier alpha value is -1.72. The highest BCUT2D eigenvalue weighted by Crippen LogP contribution is 2.21. The van der Waals surface area contributed by atoms with Crippen molar-refractivity contribution in [2.24, 2.45) is 0 Å². The van der Waals surface area contributed by atoms with Gasteiger partial charge >= 0.3 is 0 Å². The van der Waals surface area contributed by atoms with Crippen molar-refractivity contribution < 1.29 is 9.90 Å². The Morgan fingerprint density at radius 3 is 2.71 bits per heavy atom. The second-order valence-corrected chi connectivity index (χ2v) is 6.51. The highest BCUT2D eigenvalue weighted by Gasteiger charge is 2.13. The molecule has 1 heterocycles. The van der Waals surface area contributed by atoms with Gasteiger partial charge in [-0.1, -0.05) is 12.1 Å². The Morgan fingerprint density at radius 2 is 2.10 bits per heavy atom. The van der Waals surface area contributed by atoms with Gasteiger partial charge in [0.05, 0.1) is 12.3 Å². The molecular formula is C16H17NO2S2. The van der Waals surface area contributed by atoms with Crippen LogP contribution in [0.2, 0.25) is 0 Å². The topological polar surface area (TPSA) is 40.5 Å². The summed E-state index contributed by atoms with van der Waals surface area (Å²) in [6, 6.07) is 10.9. The van der Waals surface area contributed by atoms with Crippen molar-refractivity contribution >= 4 is 29.0 Å². The summed E-state index contributed by atoms with van der Waals surface area (Å²) in [5.74, 6) is 0.697. The fraction of sp³-hybridized carbons (Fsp3) is 0.188. The highest BCUT2D eigenvalue weighted by molar-refractivity contribution is 8.00. The Kier molecular flexibility index (Phi) is 5.90. The minimum atomic E-state index is 0.0846. The molecule has 5 heteroatoms. The van der Waals surface area contributed by atoms with E-state index < -0.39 is 0 Å². The summed E-state index contributed by atoms with van der Waals surface area (Å²) in [5.41, 5.74) is 0. The molecule has 0 aliphatic rings. The summed E-state index contributed by atoms with van der Waals surface area (Å²) in [6.45, 7) is 4.89. The molecule has 0 bridgehead atoms. The second-order valence-electron chi connectivity index (χ2n) is 4.42. The van der Waals surface area contributed by atoms with Crippen molar-refractivity contribution in [2.75, 3.05) is 12.3 Å². The summed E-state index contributed by atoms with van der Waals surface area (Å²) in [5, 5.41) is 11.3. The molecule has 0 aliphatic heterocycles. The lowest BCUT2D eigenvalue weighted by Crippen LogP contribution is -2.31. The molecule has 1 aromatic carbocycles. The van der Waals surface area contributed by atoms with E-state index in [9.17, 15) is 9.90 Å². The van der Waals surface area contributed by atoms with E-state index in [1.807, 2.05) is 29.6 Å². The van der Waals surface area contributed by atoms with Crippen LogP contribution in [0.1, 0.15) is 4.88 Å². The summed E-state index contributed by atoms with van der Waals surface area (Å²) in [4.78, 5) is 16.2. The summed E-state index contributed by atoms with van der Waals surface area (Å²) < 4.78 is 0. The maximum absolute atomic E-state index is 12.3. The number of hydrogen-bond acceptors (Lipinski definition) is 4. The van der Waals surface area contributed by atoms with Crippen LogP contribution in [0.15, 0.2) is 59.3 Å². The average molecular weight is 319 g/mol. The fourth-order valence-corrected chi connectivity index (χ4v) is 3.30. The van der Waals surface area contributed by atoms with E-state index in [1.165, 1.54) is 16.6 Å². The van der Waals surface area contributed by atoms with Crippen LogP contribution < -0.4 is 0 Å². The van der Waals surface area contributed by atoms with Crippen molar-refractivity contribution in [1.29, 1.82) is 0 Å². The molecule has 0 unspecified atom stereocenters. The van der Waals surface area contributed by atoms with Gasteiger partial charge in [0.1, 0.15) is 5.75 Å². The average Bonchev–Trinajstić information content (AvgIpc) is 2.99. The van der Waals surface area contributed by atoms with Crippen molar-refractivity contribution in [3.05, 3.63) is 59.3 Å². The SMILES string of the molecule is C=CCN(Cc1cccs1)C(=O)CSc1ccc(O)cc1. The Labute approximate surface area is 132 Å². The first-order chi connectivity index (χ1) is 10.2. The fourth-order valence-electron chi connectivity index (χ4n) is 1.78. The van der Waals surface area contributed by atoms with Gasteiger partial charge in [-0.25, -0.2) is 0 Å². The molecule has 2 rings (SSSR count). The van der Waals surface area contributed by atoms with Crippen LogP contribution in [0.25, 0.3) is 0 Å². The van der Waals surface area contributed by atoms with Gasteiger partial charge in [-0.3, -0.25) is 4.79 Å². The molecule has 0 radical (unpaired) electrons. The summed E-state index contributed by atoms with van der Waals surface area (Å²) in [6.07, 6.45) is 1.75. The Bertz CT molecular complexity index is 579. The lowest BCUT2D eigenvalue weighted by Gasteiger charge is -2.20. The monoisotopic (exact) mass is 319 g/mol. The molecule has 21 heavy (non-hydrogen) atoms. The van der Waals surface area contributed by atoms with E-state index in [2.05, 4.69) is 6.58 Å². The lowest BCUT2D eigenvalue weighted by molar-refractivity contribution is -0.128. The van der Waals surface area contributed by atoms with Crippen LogP contribution in [0.3, 0.4) is 0 Å². The summed E-state index contributed by atoms with van der Waals surface area (Å²) in [7, 11) is 0. The number of thiophene rings is 1. The van der Waals surface area contributed by atoms with Crippen LogP contribution in [0.5, 0.6) is 5.75 Å². The van der Waals surface area contributed by atoms with Crippen molar-refractivity contribution in [2.45, 2.75) is 11.4 Å². The smallest absolute Gasteiger partial charge is 0.233 e. The number of benzene rings is 1. The van der Waals surface area contributed by atoms with Crippen molar-refractivity contribution in [3.63, 3.8) is 0 Å². The largest absolute Gasteiger partial charge is 0.508 e. The van der Waals surface area contributed by atoms with E-state index in [4.69, 9.17) is 0 Å². The number of phenolic OH excluding ortho intramolecular Hbond substituents is 1.